The van der Waals surface area contributed by atoms with Crippen LogP contribution in [0, 0.1) is 5.92 Å². The summed E-state index contributed by atoms with van der Waals surface area (Å²) in [6.07, 6.45) is 1.67. The highest BCUT2D eigenvalue weighted by molar-refractivity contribution is 5.77. The van der Waals surface area contributed by atoms with Crippen molar-refractivity contribution in [3.8, 4) is 17.4 Å². The number of pyridine rings is 1. The summed E-state index contributed by atoms with van der Waals surface area (Å²) in [6.45, 7) is 4.75. The highest BCUT2D eigenvalue weighted by Gasteiger charge is 2.04. The van der Waals surface area contributed by atoms with Gasteiger partial charge in [-0.1, -0.05) is 19.9 Å². The summed E-state index contributed by atoms with van der Waals surface area (Å²) in [5, 5.41) is 2.80. The van der Waals surface area contributed by atoms with Crippen molar-refractivity contribution in [2.45, 2.75) is 13.8 Å². The number of benzene rings is 1. The lowest BCUT2D eigenvalue weighted by Crippen LogP contribution is -2.31. The molecule has 2 aromatic rings. The maximum absolute atomic E-state index is 11.6. The summed E-state index contributed by atoms with van der Waals surface area (Å²) in [7, 11) is 0. The molecule has 0 aliphatic heterocycles. The number of ether oxygens (including phenoxy) is 2. The summed E-state index contributed by atoms with van der Waals surface area (Å²) in [5.74, 6) is 2.11. The minimum atomic E-state index is -0.123. The molecule has 0 aliphatic carbocycles. The van der Waals surface area contributed by atoms with E-state index < -0.39 is 0 Å². The molecule has 0 atom stereocenters. The molecule has 1 aromatic heterocycles. The number of hydrogen-bond donors (Lipinski definition) is 1. The number of aromatic nitrogens is 1. The first-order valence-electron chi connectivity index (χ1n) is 7.22. The zero-order chi connectivity index (χ0) is 15.8. The van der Waals surface area contributed by atoms with Crippen LogP contribution in [-0.2, 0) is 4.79 Å². The maximum Gasteiger partial charge on any atom is 0.257 e. The minimum Gasteiger partial charge on any atom is -0.484 e. The molecule has 0 bridgehead atoms. The highest BCUT2D eigenvalue weighted by Crippen LogP contribution is 2.22. The predicted octanol–water partition coefficient (Wildman–Crippen LogP) is 3.02. The number of amides is 1. The zero-order valence-corrected chi connectivity index (χ0v) is 12.8. The largest absolute Gasteiger partial charge is 0.484 e. The fraction of sp³-hybridized carbons (Fsp3) is 0.294. The summed E-state index contributed by atoms with van der Waals surface area (Å²) in [6, 6.07) is 12.5. The van der Waals surface area contributed by atoms with Crippen LogP contribution in [0.25, 0.3) is 0 Å². The number of carbonyl (C=O) groups excluding carboxylic acids is 1. The second kappa shape index (κ2) is 8.02. The van der Waals surface area contributed by atoms with E-state index in [0.29, 0.717) is 29.8 Å². The summed E-state index contributed by atoms with van der Waals surface area (Å²) < 4.78 is 11.0. The quantitative estimate of drug-likeness (QED) is 0.854. The Morgan fingerprint density at radius 1 is 1.14 bits per heavy atom. The van der Waals surface area contributed by atoms with Crippen molar-refractivity contribution in [1.29, 1.82) is 0 Å². The molecule has 0 spiro atoms. The molecule has 0 fully saturated rings. The minimum absolute atomic E-state index is 0.00711. The van der Waals surface area contributed by atoms with Gasteiger partial charge in [0, 0.05) is 18.8 Å². The van der Waals surface area contributed by atoms with Crippen molar-refractivity contribution in [3.05, 3.63) is 48.7 Å². The third-order valence-electron chi connectivity index (χ3n) is 2.76. The van der Waals surface area contributed by atoms with Gasteiger partial charge in [-0.25, -0.2) is 4.98 Å². The van der Waals surface area contributed by atoms with E-state index in [1.165, 1.54) is 0 Å². The van der Waals surface area contributed by atoms with Gasteiger partial charge in [0.05, 0.1) is 0 Å². The number of nitrogens with one attached hydrogen (secondary N) is 1. The van der Waals surface area contributed by atoms with Gasteiger partial charge in [0.25, 0.3) is 5.91 Å². The molecule has 0 radical (unpaired) electrons. The molecule has 5 nitrogen and oxygen atoms in total. The number of carbonyl (C=O) groups is 1. The number of hydrogen-bond acceptors (Lipinski definition) is 4. The first-order chi connectivity index (χ1) is 10.6. The first-order valence-corrected chi connectivity index (χ1v) is 7.22. The second-order valence-corrected chi connectivity index (χ2v) is 5.23. The fourth-order valence-corrected chi connectivity index (χ4v) is 1.65. The van der Waals surface area contributed by atoms with Crippen molar-refractivity contribution in [1.82, 2.24) is 10.3 Å². The normalized spacial score (nSPS) is 10.3. The molecule has 116 valence electrons. The lowest BCUT2D eigenvalue weighted by Gasteiger charge is -2.09. The Morgan fingerprint density at radius 2 is 1.86 bits per heavy atom. The van der Waals surface area contributed by atoms with E-state index in [9.17, 15) is 4.79 Å². The van der Waals surface area contributed by atoms with Crippen molar-refractivity contribution < 1.29 is 14.3 Å². The Kier molecular flexibility index (Phi) is 5.77. The van der Waals surface area contributed by atoms with E-state index in [0.717, 1.165) is 0 Å². The van der Waals surface area contributed by atoms with E-state index in [1.807, 2.05) is 26.0 Å². The van der Waals surface area contributed by atoms with Gasteiger partial charge in [-0.05, 0) is 36.2 Å². The van der Waals surface area contributed by atoms with Crippen molar-refractivity contribution in [3.63, 3.8) is 0 Å². The van der Waals surface area contributed by atoms with E-state index in [1.54, 1.807) is 36.5 Å². The van der Waals surface area contributed by atoms with Crippen molar-refractivity contribution >= 4 is 5.91 Å². The van der Waals surface area contributed by atoms with Gasteiger partial charge in [0.15, 0.2) is 6.61 Å². The van der Waals surface area contributed by atoms with Crippen LogP contribution in [0.2, 0.25) is 0 Å². The van der Waals surface area contributed by atoms with Crippen LogP contribution in [0.1, 0.15) is 13.8 Å². The molecular formula is C17H20N2O3. The summed E-state index contributed by atoms with van der Waals surface area (Å²) >= 11 is 0. The summed E-state index contributed by atoms with van der Waals surface area (Å²) in [5.41, 5.74) is 0. The smallest absolute Gasteiger partial charge is 0.257 e. The highest BCUT2D eigenvalue weighted by atomic mass is 16.5. The molecule has 5 heteroatoms. The first kappa shape index (κ1) is 15.8. The second-order valence-electron chi connectivity index (χ2n) is 5.23. The molecule has 0 aliphatic rings. The van der Waals surface area contributed by atoms with Crippen LogP contribution < -0.4 is 14.8 Å². The van der Waals surface area contributed by atoms with Crippen LogP contribution in [0.5, 0.6) is 17.4 Å². The average Bonchev–Trinajstić information content (AvgIpc) is 2.53. The molecule has 1 amide bonds. The molecule has 0 saturated carbocycles. The van der Waals surface area contributed by atoms with Gasteiger partial charge in [0.2, 0.25) is 5.88 Å². The Hall–Kier alpha value is -2.56. The molecular weight excluding hydrogens is 280 g/mol. The third-order valence-corrected chi connectivity index (χ3v) is 2.76. The van der Waals surface area contributed by atoms with Crippen molar-refractivity contribution in [2.75, 3.05) is 13.2 Å². The SMILES string of the molecule is CC(C)CNC(=O)COc1ccc(Oc2ccccn2)cc1. The molecule has 0 unspecified atom stereocenters. The summed E-state index contributed by atoms with van der Waals surface area (Å²) in [4.78, 5) is 15.6. The molecule has 1 N–H and O–H groups in total. The van der Waals surface area contributed by atoms with Gasteiger partial charge < -0.3 is 14.8 Å². The van der Waals surface area contributed by atoms with E-state index in [4.69, 9.17) is 9.47 Å². The molecule has 0 saturated heterocycles. The standard InChI is InChI=1S/C17H20N2O3/c1-13(2)11-19-16(20)12-21-14-6-8-15(9-7-14)22-17-5-3-4-10-18-17/h3-10,13H,11-12H2,1-2H3,(H,19,20). The zero-order valence-electron chi connectivity index (χ0n) is 12.8. The Morgan fingerprint density at radius 3 is 2.50 bits per heavy atom. The van der Waals surface area contributed by atoms with Gasteiger partial charge in [-0.3, -0.25) is 4.79 Å². The molecule has 2 rings (SSSR count). The molecule has 1 aromatic carbocycles. The van der Waals surface area contributed by atoms with Gasteiger partial charge in [-0.15, -0.1) is 0 Å². The average molecular weight is 300 g/mol. The van der Waals surface area contributed by atoms with Gasteiger partial charge in [0.1, 0.15) is 11.5 Å². The Bertz CT molecular complexity index is 583. The monoisotopic (exact) mass is 300 g/mol. The fourth-order valence-electron chi connectivity index (χ4n) is 1.65. The lowest BCUT2D eigenvalue weighted by atomic mass is 10.2. The van der Waals surface area contributed by atoms with Crippen LogP contribution in [0.3, 0.4) is 0 Å². The van der Waals surface area contributed by atoms with Crippen molar-refractivity contribution in [2.24, 2.45) is 5.92 Å². The van der Waals surface area contributed by atoms with Crippen LogP contribution >= 0.6 is 0 Å². The van der Waals surface area contributed by atoms with E-state index in [-0.39, 0.29) is 12.5 Å². The van der Waals surface area contributed by atoms with E-state index in [2.05, 4.69) is 10.3 Å². The third kappa shape index (κ3) is 5.44. The van der Waals surface area contributed by atoms with Crippen LogP contribution in [0.4, 0.5) is 0 Å². The molecule has 1 heterocycles. The topological polar surface area (TPSA) is 60.5 Å². The predicted molar refractivity (Wildman–Crippen MR) is 84.1 cm³/mol. The maximum atomic E-state index is 11.6. The molecule has 22 heavy (non-hydrogen) atoms. The van der Waals surface area contributed by atoms with Crippen LogP contribution in [0.15, 0.2) is 48.7 Å². The van der Waals surface area contributed by atoms with Crippen LogP contribution in [-0.4, -0.2) is 24.0 Å². The Labute approximate surface area is 130 Å². The number of rotatable bonds is 7. The lowest BCUT2D eigenvalue weighted by molar-refractivity contribution is -0.123. The Balaban J connectivity index is 1.80. The van der Waals surface area contributed by atoms with Gasteiger partial charge >= 0.3 is 0 Å². The van der Waals surface area contributed by atoms with Gasteiger partial charge in [-0.2, -0.15) is 0 Å². The number of nitrogens with zero attached hydrogens (tertiary/aromatic N) is 1. The van der Waals surface area contributed by atoms with E-state index >= 15 is 0 Å².